The SMILES string of the molecule is CNC(=O)CNc1nc(Cl)c(C(=O)OC)s1. The van der Waals surface area contributed by atoms with Crippen molar-refractivity contribution in [1.82, 2.24) is 10.3 Å². The van der Waals surface area contributed by atoms with Crippen molar-refractivity contribution in [1.29, 1.82) is 0 Å². The van der Waals surface area contributed by atoms with Crippen molar-refractivity contribution in [3.8, 4) is 0 Å². The van der Waals surface area contributed by atoms with Gasteiger partial charge in [0.15, 0.2) is 15.2 Å². The van der Waals surface area contributed by atoms with Gasteiger partial charge >= 0.3 is 5.97 Å². The third-order valence-corrected chi connectivity index (χ3v) is 3.01. The number of thiazole rings is 1. The molecule has 0 saturated carbocycles. The third-order valence-electron chi connectivity index (χ3n) is 1.64. The van der Waals surface area contributed by atoms with E-state index in [9.17, 15) is 9.59 Å². The highest BCUT2D eigenvalue weighted by molar-refractivity contribution is 7.18. The zero-order valence-electron chi connectivity index (χ0n) is 8.67. The van der Waals surface area contributed by atoms with E-state index >= 15 is 0 Å². The fourth-order valence-corrected chi connectivity index (χ4v) is 1.94. The van der Waals surface area contributed by atoms with Gasteiger partial charge in [0.1, 0.15) is 0 Å². The number of anilines is 1. The van der Waals surface area contributed by atoms with Gasteiger partial charge in [-0.2, -0.15) is 0 Å². The predicted octanol–water partition coefficient (Wildman–Crippen LogP) is 0.741. The average Bonchev–Trinajstić information content (AvgIpc) is 2.66. The summed E-state index contributed by atoms with van der Waals surface area (Å²) in [7, 11) is 2.79. The zero-order valence-corrected chi connectivity index (χ0v) is 10.2. The fraction of sp³-hybridized carbons (Fsp3) is 0.375. The van der Waals surface area contributed by atoms with Crippen LogP contribution in [0.1, 0.15) is 9.67 Å². The van der Waals surface area contributed by atoms with Crippen LogP contribution in [0.5, 0.6) is 0 Å². The molecular formula is C8H10ClN3O3S. The van der Waals surface area contributed by atoms with Crippen molar-refractivity contribution in [3.05, 3.63) is 10.0 Å². The van der Waals surface area contributed by atoms with E-state index in [1.807, 2.05) is 0 Å². The van der Waals surface area contributed by atoms with Crippen LogP contribution < -0.4 is 10.6 Å². The Kier molecular flexibility index (Phi) is 4.51. The average molecular weight is 264 g/mol. The van der Waals surface area contributed by atoms with Gasteiger partial charge in [0.2, 0.25) is 5.91 Å². The summed E-state index contributed by atoms with van der Waals surface area (Å²) in [6.07, 6.45) is 0. The molecule has 0 unspecified atom stereocenters. The summed E-state index contributed by atoms with van der Waals surface area (Å²) in [5.74, 6) is -0.735. The molecule has 6 nitrogen and oxygen atoms in total. The Hall–Kier alpha value is -1.34. The smallest absolute Gasteiger partial charge is 0.351 e. The molecule has 88 valence electrons. The lowest BCUT2D eigenvalue weighted by atomic mass is 10.6. The van der Waals surface area contributed by atoms with E-state index in [4.69, 9.17) is 11.6 Å². The van der Waals surface area contributed by atoms with Crippen LogP contribution in [-0.4, -0.2) is 37.6 Å². The van der Waals surface area contributed by atoms with Crippen molar-refractivity contribution in [2.24, 2.45) is 0 Å². The molecule has 0 fully saturated rings. The van der Waals surface area contributed by atoms with Crippen LogP contribution >= 0.6 is 22.9 Å². The summed E-state index contributed by atoms with van der Waals surface area (Å²) in [4.78, 5) is 26.2. The number of nitrogens with one attached hydrogen (secondary N) is 2. The Morgan fingerprint density at radius 1 is 1.56 bits per heavy atom. The maximum absolute atomic E-state index is 11.2. The van der Waals surface area contributed by atoms with Crippen LogP contribution in [0.25, 0.3) is 0 Å². The lowest BCUT2D eigenvalue weighted by molar-refractivity contribution is -0.118. The van der Waals surface area contributed by atoms with Crippen molar-refractivity contribution in [2.75, 3.05) is 26.0 Å². The molecule has 0 atom stereocenters. The number of methoxy groups -OCH3 is 1. The van der Waals surface area contributed by atoms with Gasteiger partial charge in [0.05, 0.1) is 13.7 Å². The van der Waals surface area contributed by atoms with Crippen LogP contribution in [0.15, 0.2) is 0 Å². The second-order valence-corrected chi connectivity index (χ2v) is 4.01. The molecule has 0 aliphatic heterocycles. The fourth-order valence-electron chi connectivity index (χ4n) is 0.840. The molecule has 0 aliphatic carbocycles. The van der Waals surface area contributed by atoms with E-state index in [0.717, 1.165) is 11.3 Å². The summed E-state index contributed by atoms with van der Waals surface area (Å²) < 4.78 is 4.52. The summed E-state index contributed by atoms with van der Waals surface area (Å²) in [6.45, 7) is 0.0704. The Morgan fingerprint density at radius 3 is 2.81 bits per heavy atom. The van der Waals surface area contributed by atoms with Crippen LogP contribution in [0.3, 0.4) is 0 Å². The molecule has 0 bridgehead atoms. The van der Waals surface area contributed by atoms with Gasteiger partial charge in [0, 0.05) is 7.05 Å². The largest absolute Gasteiger partial charge is 0.465 e. The zero-order chi connectivity index (χ0) is 12.1. The quantitative estimate of drug-likeness (QED) is 0.784. The normalized spacial score (nSPS) is 9.69. The Morgan fingerprint density at radius 2 is 2.25 bits per heavy atom. The number of likely N-dealkylation sites (N-methyl/N-ethyl adjacent to an activating group) is 1. The molecule has 1 rings (SSSR count). The topological polar surface area (TPSA) is 80.3 Å². The van der Waals surface area contributed by atoms with Gasteiger partial charge in [-0.3, -0.25) is 4.79 Å². The van der Waals surface area contributed by atoms with E-state index in [-0.39, 0.29) is 22.5 Å². The summed E-state index contributed by atoms with van der Waals surface area (Å²) in [5.41, 5.74) is 0. The number of ether oxygens (including phenoxy) is 1. The van der Waals surface area contributed by atoms with Crippen molar-refractivity contribution in [3.63, 3.8) is 0 Å². The van der Waals surface area contributed by atoms with Gasteiger partial charge in [0.25, 0.3) is 0 Å². The van der Waals surface area contributed by atoms with Gasteiger partial charge in [-0.25, -0.2) is 9.78 Å². The summed E-state index contributed by atoms with van der Waals surface area (Å²) in [6, 6.07) is 0. The number of esters is 1. The van der Waals surface area contributed by atoms with Gasteiger partial charge < -0.3 is 15.4 Å². The number of hydrogen-bond acceptors (Lipinski definition) is 6. The van der Waals surface area contributed by atoms with Crippen molar-refractivity contribution >= 4 is 39.9 Å². The molecule has 0 radical (unpaired) electrons. The minimum Gasteiger partial charge on any atom is -0.465 e. The van der Waals surface area contributed by atoms with E-state index in [0.29, 0.717) is 5.13 Å². The Bertz CT molecular complexity index is 407. The maximum Gasteiger partial charge on any atom is 0.351 e. The van der Waals surface area contributed by atoms with Crippen LogP contribution in [0.2, 0.25) is 5.15 Å². The highest BCUT2D eigenvalue weighted by Gasteiger charge is 2.17. The minimum atomic E-state index is -0.546. The van der Waals surface area contributed by atoms with Crippen LogP contribution in [0.4, 0.5) is 5.13 Å². The molecule has 1 heterocycles. The van der Waals surface area contributed by atoms with Gasteiger partial charge in [-0.15, -0.1) is 0 Å². The lowest BCUT2D eigenvalue weighted by Gasteiger charge is -1.99. The van der Waals surface area contributed by atoms with E-state index in [1.54, 1.807) is 0 Å². The first kappa shape index (κ1) is 12.7. The molecular weight excluding hydrogens is 254 g/mol. The van der Waals surface area contributed by atoms with E-state index in [2.05, 4.69) is 20.4 Å². The van der Waals surface area contributed by atoms with Crippen molar-refractivity contribution in [2.45, 2.75) is 0 Å². The molecule has 1 aromatic heterocycles. The summed E-state index contributed by atoms with van der Waals surface area (Å²) >= 11 is 6.76. The molecule has 2 N–H and O–H groups in total. The number of rotatable bonds is 4. The third kappa shape index (κ3) is 3.07. The lowest BCUT2D eigenvalue weighted by Crippen LogP contribution is -2.26. The highest BCUT2D eigenvalue weighted by Crippen LogP contribution is 2.27. The van der Waals surface area contributed by atoms with Gasteiger partial charge in [-0.1, -0.05) is 22.9 Å². The molecule has 0 saturated heterocycles. The number of amides is 1. The summed E-state index contributed by atoms with van der Waals surface area (Å²) in [5, 5.41) is 5.64. The van der Waals surface area contributed by atoms with Gasteiger partial charge in [-0.05, 0) is 0 Å². The number of nitrogens with zero attached hydrogens (tertiary/aromatic N) is 1. The molecule has 0 aromatic carbocycles. The molecule has 0 aliphatic rings. The number of aromatic nitrogens is 1. The maximum atomic E-state index is 11.2. The second kappa shape index (κ2) is 5.66. The Labute approximate surface area is 101 Å². The number of carbonyl (C=O) groups is 2. The first-order valence-corrected chi connectivity index (χ1v) is 5.47. The highest BCUT2D eigenvalue weighted by atomic mass is 35.5. The molecule has 1 aromatic rings. The first-order chi connectivity index (χ1) is 7.58. The first-order valence-electron chi connectivity index (χ1n) is 4.27. The second-order valence-electron chi connectivity index (χ2n) is 2.66. The predicted molar refractivity (Wildman–Crippen MR) is 61.0 cm³/mol. The van der Waals surface area contributed by atoms with E-state index < -0.39 is 5.97 Å². The van der Waals surface area contributed by atoms with Crippen molar-refractivity contribution < 1.29 is 14.3 Å². The molecule has 0 spiro atoms. The molecule has 1 amide bonds. The van der Waals surface area contributed by atoms with Crippen LogP contribution in [0, 0.1) is 0 Å². The number of hydrogen-bond donors (Lipinski definition) is 2. The number of halogens is 1. The Balaban J connectivity index is 2.69. The minimum absolute atomic E-state index is 0.0660. The monoisotopic (exact) mass is 263 g/mol. The molecule has 8 heteroatoms. The van der Waals surface area contributed by atoms with E-state index in [1.165, 1.54) is 14.2 Å². The standard InChI is InChI=1S/C8H10ClN3O3S/c1-10-4(13)3-11-8-12-6(9)5(16-8)7(14)15-2/h3H2,1-2H3,(H,10,13)(H,11,12). The molecule has 16 heavy (non-hydrogen) atoms. The number of carbonyl (C=O) groups excluding carboxylic acids is 2. The van der Waals surface area contributed by atoms with Crippen LogP contribution in [-0.2, 0) is 9.53 Å².